The van der Waals surface area contributed by atoms with E-state index in [-0.39, 0.29) is 18.8 Å². The van der Waals surface area contributed by atoms with Gasteiger partial charge in [0.05, 0.1) is 23.2 Å². The van der Waals surface area contributed by atoms with Gasteiger partial charge >= 0.3 is 5.97 Å². The van der Waals surface area contributed by atoms with E-state index in [0.29, 0.717) is 12.8 Å². The average molecular weight is 257 g/mol. The van der Waals surface area contributed by atoms with Crippen LogP contribution in [-0.4, -0.2) is 39.5 Å². The molecule has 0 heterocycles. The Kier molecular flexibility index (Phi) is 3.00. The molecule has 3 saturated carbocycles. The van der Waals surface area contributed by atoms with Gasteiger partial charge in [0.2, 0.25) is 0 Å². The minimum absolute atomic E-state index is 0.287. The summed E-state index contributed by atoms with van der Waals surface area (Å²) in [6, 6.07) is 0. The molecule has 18 heavy (non-hydrogen) atoms. The summed E-state index contributed by atoms with van der Waals surface area (Å²) in [7, 11) is 0. The van der Waals surface area contributed by atoms with Gasteiger partial charge < -0.3 is 20.7 Å². The molecule has 2 atom stereocenters. The minimum Gasteiger partial charge on any atom is -0.460 e. The second-order valence-corrected chi connectivity index (χ2v) is 6.83. The number of carbonyl (C=O) groups is 1. The van der Waals surface area contributed by atoms with Gasteiger partial charge in [0, 0.05) is 0 Å². The standard InChI is InChI=1S/C13H23NO4/c1-11(2,3)18-10(17)12-4-5-13(14,8(15)6-12)9(16)7-12/h8-9,15-16H,4-7,14H2,1-3H3. The van der Waals surface area contributed by atoms with E-state index in [9.17, 15) is 15.0 Å². The van der Waals surface area contributed by atoms with Crippen molar-refractivity contribution in [3.05, 3.63) is 0 Å². The topological polar surface area (TPSA) is 92.8 Å². The lowest BCUT2D eigenvalue weighted by atomic mass is 9.55. The highest BCUT2D eigenvalue weighted by molar-refractivity contribution is 5.78. The Morgan fingerprint density at radius 3 is 2.11 bits per heavy atom. The number of aliphatic hydroxyl groups excluding tert-OH is 2. The lowest BCUT2D eigenvalue weighted by Gasteiger charge is -2.55. The highest BCUT2D eigenvalue weighted by Crippen LogP contribution is 2.52. The van der Waals surface area contributed by atoms with E-state index < -0.39 is 28.8 Å². The summed E-state index contributed by atoms with van der Waals surface area (Å²) >= 11 is 0. The normalized spacial score (nSPS) is 43.9. The fourth-order valence-corrected chi connectivity index (χ4v) is 3.07. The second-order valence-electron chi connectivity index (χ2n) is 6.83. The first-order chi connectivity index (χ1) is 8.09. The predicted octanol–water partition coefficient (Wildman–Crippen LogP) is 0.321. The molecule has 2 unspecified atom stereocenters. The molecule has 0 radical (unpaired) electrons. The molecule has 0 aromatic carbocycles. The van der Waals surface area contributed by atoms with Crippen LogP contribution in [0.25, 0.3) is 0 Å². The summed E-state index contributed by atoms with van der Waals surface area (Å²) in [4.78, 5) is 12.3. The molecular formula is C13H23NO4. The molecule has 0 aliphatic heterocycles. The molecule has 0 amide bonds. The maximum Gasteiger partial charge on any atom is 0.312 e. The van der Waals surface area contributed by atoms with Crippen molar-refractivity contribution in [3.8, 4) is 0 Å². The maximum absolute atomic E-state index is 12.3. The van der Waals surface area contributed by atoms with Crippen LogP contribution in [0.4, 0.5) is 0 Å². The van der Waals surface area contributed by atoms with E-state index in [1.807, 2.05) is 20.8 Å². The largest absolute Gasteiger partial charge is 0.460 e. The van der Waals surface area contributed by atoms with Crippen LogP contribution < -0.4 is 5.73 Å². The Morgan fingerprint density at radius 2 is 1.72 bits per heavy atom. The maximum atomic E-state index is 12.3. The highest BCUT2D eigenvalue weighted by Gasteiger charge is 2.61. The number of hydrogen-bond donors (Lipinski definition) is 3. The molecule has 104 valence electrons. The van der Waals surface area contributed by atoms with Crippen LogP contribution in [-0.2, 0) is 9.53 Å². The summed E-state index contributed by atoms with van der Waals surface area (Å²) < 4.78 is 5.42. The number of ether oxygens (including phenoxy) is 1. The number of rotatable bonds is 1. The van der Waals surface area contributed by atoms with Crippen LogP contribution in [0.15, 0.2) is 0 Å². The van der Waals surface area contributed by atoms with Gasteiger partial charge in [0.1, 0.15) is 5.60 Å². The van der Waals surface area contributed by atoms with E-state index in [1.54, 1.807) is 0 Å². The fourth-order valence-electron chi connectivity index (χ4n) is 3.07. The third-order valence-electron chi connectivity index (χ3n) is 4.28. The van der Waals surface area contributed by atoms with Crippen molar-refractivity contribution in [1.29, 1.82) is 0 Å². The number of nitrogens with two attached hydrogens (primary N) is 1. The molecule has 5 nitrogen and oxygen atoms in total. The highest BCUT2D eigenvalue weighted by atomic mass is 16.6. The van der Waals surface area contributed by atoms with Gasteiger partial charge in [-0.2, -0.15) is 0 Å². The zero-order chi connectivity index (χ0) is 13.8. The third-order valence-corrected chi connectivity index (χ3v) is 4.28. The molecule has 5 heteroatoms. The first kappa shape index (κ1) is 13.8. The monoisotopic (exact) mass is 257 g/mol. The smallest absolute Gasteiger partial charge is 0.312 e. The molecule has 3 aliphatic rings. The summed E-state index contributed by atoms with van der Waals surface area (Å²) in [5.74, 6) is -0.324. The summed E-state index contributed by atoms with van der Waals surface area (Å²) in [6.07, 6.45) is -0.0866. The van der Waals surface area contributed by atoms with E-state index >= 15 is 0 Å². The van der Waals surface area contributed by atoms with Gasteiger partial charge in [-0.05, 0) is 46.5 Å². The molecule has 2 bridgehead atoms. The van der Waals surface area contributed by atoms with Crippen LogP contribution in [0, 0.1) is 5.41 Å². The molecule has 0 aromatic heterocycles. The molecule has 3 fully saturated rings. The number of aliphatic hydroxyl groups is 2. The van der Waals surface area contributed by atoms with Crippen LogP contribution in [0.1, 0.15) is 46.5 Å². The number of hydrogen-bond acceptors (Lipinski definition) is 5. The van der Waals surface area contributed by atoms with Gasteiger partial charge in [0.25, 0.3) is 0 Å². The summed E-state index contributed by atoms with van der Waals surface area (Å²) in [5, 5.41) is 20.1. The summed E-state index contributed by atoms with van der Waals surface area (Å²) in [5.41, 5.74) is 3.73. The molecule has 0 spiro atoms. The van der Waals surface area contributed by atoms with Gasteiger partial charge in [-0.15, -0.1) is 0 Å². The number of fused-ring (bicyclic) bond motifs is 3. The van der Waals surface area contributed by atoms with Crippen molar-refractivity contribution in [1.82, 2.24) is 0 Å². The van der Waals surface area contributed by atoms with Crippen LogP contribution in [0.3, 0.4) is 0 Å². The Balaban J connectivity index is 2.21. The zero-order valence-corrected chi connectivity index (χ0v) is 11.3. The first-order valence-electron chi connectivity index (χ1n) is 6.48. The van der Waals surface area contributed by atoms with Gasteiger partial charge in [-0.1, -0.05) is 0 Å². The Labute approximate surface area is 107 Å². The molecule has 3 aliphatic carbocycles. The SMILES string of the molecule is CC(C)(C)OC(=O)C12CCC(N)(C(O)C1)C(O)C2. The lowest BCUT2D eigenvalue weighted by Crippen LogP contribution is -2.70. The Bertz CT molecular complexity index is 348. The molecule has 0 saturated heterocycles. The Morgan fingerprint density at radius 1 is 1.22 bits per heavy atom. The van der Waals surface area contributed by atoms with E-state index in [4.69, 9.17) is 10.5 Å². The van der Waals surface area contributed by atoms with Gasteiger partial charge in [-0.25, -0.2) is 0 Å². The first-order valence-corrected chi connectivity index (χ1v) is 6.48. The molecule has 0 aromatic rings. The van der Waals surface area contributed by atoms with Crippen molar-refractivity contribution in [2.24, 2.45) is 11.1 Å². The van der Waals surface area contributed by atoms with Crippen molar-refractivity contribution in [2.45, 2.75) is 69.8 Å². The van der Waals surface area contributed by atoms with Crippen LogP contribution in [0.5, 0.6) is 0 Å². The Hall–Kier alpha value is -0.650. The molecule has 3 rings (SSSR count). The third kappa shape index (κ3) is 2.04. The minimum atomic E-state index is -0.955. The van der Waals surface area contributed by atoms with Crippen molar-refractivity contribution >= 4 is 5.97 Å². The van der Waals surface area contributed by atoms with Crippen molar-refractivity contribution in [3.63, 3.8) is 0 Å². The lowest BCUT2D eigenvalue weighted by molar-refractivity contribution is -0.194. The summed E-state index contributed by atoms with van der Waals surface area (Å²) in [6.45, 7) is 5.44. The number of carbonyl (C=O) groups excluding carboxylic acids is 1. The van der Waals surface area contributed by atoms with E-state index in [0.717, 1.165) is 0 Å². The number of esters is 1. The van der Waals surface area contributed by atoms with Crippen LogP contribution >= 0.6 is 0 Å². The van der Waals surface area contributed by atoms with Crippen molar-refractivity contribution in [2.75, 3.05) is 0 Å². The zero-order valence-electron chi connectivity index (χ0n) is 11.3. The molecular weight excluding hydrogens is 234 g/mol. The second kappa shape index (κ2) is 3.92. The fraction of sp³-hybridized carbons (Fsp3) is 0.923. The average Bonchev–Trinajstić information content (AvgIpc) is 2.19. The van der Waals surface area contributed by atoms with E-state index in [2.05, 4.69) is 0 Å². The van der Waals surface area contributed by atoms with Gasteiger partial charge in [0.15, 0.2) is 0 Å². The van der Waals surface area contributed by atoms with E-state index in [1.165, 1.54) is 0 Å². The van der Waals surface area contributed by atoms with Crippen LogP contribution in [0.2, 0.25) is 0 Å². The van der Waals surface area contributed by atoms with Gasteiger partial charge in [-0.3, -0.25) is 4.79 Å². The molecule has 4 N–H and O–H groups in total. The predicted molar refractivity (Wildman–Crippen MR) is 65.7 cm³/mol. The quantitative estimate of drug-likeness (QED) is 0.588. The van der Waals surface area contributed by atoms with Crippen molar-refractivity contribution < 1.29 is 19.7 Å².